The zero-order valence-electron chi connectivity index (χ0n) is 16.3. The number of amides is 2. The SMILES string of the molecule is CCOC(=O)c1ccc(NC(=O)[C@@H]2CC(=O)N(c3cccc(C)c3C)C2)cc1. The number of esters is 1. The Morgan fingerprint density at radius 3 is 2.54 bits per heavy atom. The molecule has 6 nitrogen and oxygen atoms in total. The lowest BCUT2D eigenvalue weighted by Gasteiger charge is -2.20. The fraction of sp³-hybridized carbons (Fsp3) is 0.318. The van der Waals surface area contributed by atoms with E-state index >= 15 is 0 Å². The van der Waals surface area contributed by atoms with Crippen molar-refractivity contribution in [2.45, 2.75) is 27.2 Å². The maximum atomic E-state index is 12.6. The fourth-order valence-corrected chi connectivity index (χ4v) is 3.29. The molecule has 0 saturated carbocycles. The lowest BCUT2D eigenvalue weighted by molar-refractivity contribution is -0.122. The number of carbonyl (C=O) groups is 3. The molecule has 28 heavy (non-hydrogen) atoms. The van der Waals surface area contributed by atoms with Crippen molar-refractivity contribution >= 4 is 29.2 Å². The minimum atomic E-state index is -0.419. The number of nitrogens with one attached hydrogen (secondary N) is 1. The van der Waals surface area contributed by atoms with Crippen molar-refractivity contribution in [2.24, 2.45) is 5.92 Å². The topological polar surface area (TPSA) is 75.7 Å². The average Bonchev–Trinajstić information content (AvgIpc) is 3.06. The first-order chi connectivity index (χ1) is 13.4. The van der Waals surface area contributed by atoms with Gasteiger partial charge in [-0.25, -0.2) is 4.79 Å². The summed E-state index contributed by atoms with van der Waals surface area (Å²) in [6.45, 7) is 6.40. The van der Waals surface area contributed by atoms with Crippen molar-refractivity contribution in [3.8, 4) is 0 Å². The van der Waals surface area contributed by atoms with Gasteiger partial charge in [-0.15, -0.1) is 0 Å². The van der Waals surface area contributed by atoms with Crippen molar-refractivity contribution in [3.05, 3.63) is 59.2 Å². The number of nitrogens with zero attached hydrogens (tertiary/aromatic N) is 1. The highest BCUT2D eigenvalue weighted by molar-refractivity contribution is 6.04. The van der Waals surface area contributed by atoms with Crippen LogP contribution in [-0.4, -0.2) is 30.9 Å². The molecule has 2 aromatic carbocycles. The van der Waals surface area contributed by atoms with E-state index in [1.807, 2.05) is 32.0 Å². The molecular formula is C22H24N2O4. The van der Waals surface area contributed by atoms with Gasteiger partial charge >= 0.3 is 5.97 Å². The molecule has 6 heteroatoms. The minimum Gasteiger partial charge on any atom is -0.462 e. The van der Waals surface area contributed by atoms with E-state index in [1.165, 1.54) is 0 Å². The third-order valence-corrected chi connectivity index (χ3v) is 5.03. The molecule has 0 radical (unpaired) electrons. The first-order valence-electron chi connectivity index (χ1n) is 9.35. The van der Waals surface area contributed by atoms with E-state index in [0.717, 1.165) is 16.8 Å². The number of aryl methyl sites for hydroxylation is 1. The van der Waals surface area contributed by atoms with E-state index in [-0.39, 0.29) is 18.2 Å². The third kappa shape index (κ3) is 4.06. The number of carbonyl (C=O) groups excluding carboxylic acids is 3. The van der Waals surface area contributed by atoms with Crippen LogP contribution in [0.15, 0.2) is 42.5 Å². The number of benzene rings is 2. The van der Waals surface area contributed by atoms with Gasteiger partial charge in [-0.3, -0.25) is 9.59 Å². The predicted molar refractivity (Wildman–Crippen MR) is 107 cm³/mol. The molecule has 0 spiro atoms. The molecule has 2 aromatic rings. The molecule has 0 aromatic heterocycles. The third-order valence-electron chi connectivity index (χ3n) is 5.03. The van der Waals surface area contributed by atoms with Gasteiger partial charge in [0.05, 0.1) is 18.1 Å². The van der Waals surface area contributed by atoms with Crippen LogP contribution in [0.25, 0.3) is 0 Å². The Morgan fingerprint density at radius 1 is 1.14 bits per heavy atom. The quantitative estimate of drug-likeness (QED) is 0.806. The number of hydrogen-bond donors (Lipinski definition) is 1. The summed E-state index contributed by atoms with van der Waals surface area (Å²) in [5, 5.41) is 2.83. The van der Waals surface area contributed by atoms with Gasteiger partial charge in [-0.1, -0.05) is 12.1 Å². The maximum Gasteiger partial charge on any atom is 0.338 e. The van der Waals surface area contributed by atoms with Crippen LogP contribution in [0.5, 0.6) is 0 Å². The van der Waals surface area contributed by atoms with Gasteiger partial charge < -0.3 is 15.0 Å². The van der Waals surface area contributed by atoms with Crippen LogP contribution in [-0.2, 0) is 14.3 Å². The standard InChI is InChI=1S/C22H24N2O4/c1-4-28-22(27)16-8-10-18(11-9-16)23-21(26)17-12-20(25)24(13-17)19-7-5-6-14(2)15(19)3/h5-11,17H,4,12-13H2,1-3H3,(H,23,26)/t17-/m1/s1. The molecule has 1 aliphatic heterocycles. The largest absolute Gasteiger partial charge is 0.462 e. The molecule has 2 amide bonds. The van der Waals surface area contributed by atoms with Crippen molar-refractivity contribution < 1.29 is 19.1 Å². The van der Waals surface area contributed by atoms with Crippen LogP contribution < -0.4 is 10.2 Å². The Morgan fingerprint density at radius 2 is 1.86 bits per heavy atom. The molecule has 146 valence electrons. The highest BCUT2D eigenvalue weighted by atomic mass is 16.5. The Labute approximate surface area is 164 Å². The highest BCUT2D eigenvalue weighted by Gasteiger charge is 2.35. The summed E-state index contributed by atoms with van der Waals surface area (Å²) in [5.41, 5.74) is 4.03. The van der Waals surface area contributed by atoms with Gasteiger partial charge in [0.15, 0.2) is 0 Å². The molecule has 1 aliphatic rings. The second-order valence-corrected chi connectivity index (χ2v) is 6.91. The van der Waals surface area contributed by atoms with Crippen LogP contribution >= 0.6 is 0 Å². The van der Waals surface area contributed by atoms with Crippen LogP contribution in [0.3, 0.4) is 0 Å². The van der Waals surface area contributed by atoms with Gasteiger partial charge in [0, 0.05) is 24.3 Å². The minimum absolute atomic E-state index is 0.0495. The summed E-state index contributed by atoms with van der Waals surface area (Å²) in [5.74, 6) is -1.07. The predicted octanol–water partition coefficient (Wildman–Crippen LogP) is 3.47. The number of ether oxygens (including phenoxy) is 1. The number of anilines is 2. The van der Waals surface area contributed by atoms with Crippen LogP contribution in [0, 0.1) is 19.8 Å². The lowest BCUT2D eigenvalue weighted by atomic mass is 10.1. The van der Waals surface area contributed by atoms with Crippen molar-refractivity contribution in [1.82, 2.24) is 0 Å². The second kappa shape index (κ2) is 8.25. The molecule has 0 aliphatic carbocycles. The summed E-state index contributed by atoms with van der Waals surface area (Å²) in [6.07, 6.45) is 0.181. The number of hydrogen-bond acceptors (Lipinski definition) is 4. The van der Waals surface area contributed by atoms with E-state index in [4.69, 9.17) is 4.74 Å². The van der Waals surface area contributed by atoms with E-state index in [1.54, 1.807) is 36.1 Å². The monoisotopic (exact) mass is 380 g/mol. The Hall–Kier alpha value is -3.15. The van der Waals surface area contributed by atoms with E-state index in [2.05, 4.69) is 5.32 Å². The van der Waals surface area contributed by atoms with Gasteiger partial charge in [0.2, 0.25) is 11.8 Å². The van der Waals surface area contributed by atoms with Crippen LogP contribution in [0.1, 0.15) is 34.8 Å². The molecule has 1 N–H and O–H groups in total. The summed E-state index contributed by atoms with van der Waals surface area (Å²) >= 11 is 0. The van der Waals surface area contributed by atoms with E-state index in [0.29, 0.717) is 24.4 Å². The van der Waals surface area contributed by atoms with Crippen molar-refractivity contribution in [3.63, 3.8) is 0 Å². The first-order valence-corrected chi connectivity index (χ1v) is 9.35. The maximum absolute atomic E-state index is 12.6. The molecule has 3 rings (SSSR count). The Kier molecular flexibility index (Phi) is 5.78. The summed E-state index contributed by atoms with van der Waals surface area (Å²) in [4.78, 5) is 38.5. The molecule has 1 atom stereocenters. The normalized spacial score (nSPS) is 16.2. The Balaban J connectivity index is 1.66. The van der Waals surface area contributed by atoms with Gasteiger partial charge in [0.1, 0.15) is 0 Å². The zero-order valence-corrected chi connectivity index (χ0v) is 16.3. The van der Waals surface area contributed by atoms with Crippen molar-refractivity contribution in [1.29, 1.82) is 0 Å². The van der Waals surface area contributed by atoms with Crippen LogP contribution in [0.4, 0.5) is 11.4 Å². The Bertz CT molecular complexity index is 905. The van der Waals surface area contributed by atoms with E-state index in [9.17, 15) is 14.4 Å². The summed E-state index contributed by atoms with van der Waals surface area (Å²) in [7, 11) is 0. The molecular weight excluding hydrogens is 356 g/mol. The second-order valence-electron chi connectivity index (χ2n) is 6.91. The highest BCUT2D eigenvalue weighted by Crippen LogP contribution is 2.30. The van der Waals surface area contributed by atoms with Gasteiger partial charge in [-0.05, 0) is 62.2 Å². The average molecular weight is 380 g/mol. The smallest absolute Gasteiger partial charge is 0.338 e. The molecule has 1 heterocycles. The fourth-order valence-electron chi connectivity index (χ4n) is 3.29. The zero-order chi connectivity index (χ0) is 20.3. The lowest BCUT2D eigenvalue weighted by Crippen LogP contribution is -2.28. The van der Waals surface area contributed by atoms with Gasteiger partial charge in [0.25, 0.3) is 0 Å². The van der Waals surface area contributed by atoms with E-state index < -0.39 is 11.9 Å². The molecule has 0 bridgehead atoms. The van der Waals surface area contributed by atoms with Gasteiger partial charge in [-0.2, -0.15) is 0 Å². The molecule has 0 unspecified atom stereocenters. The summed E-state index contributed by atoms with van der Waals surface area (Å²) < 4.78 is 4.94. The summed E-state index contributed by atoms with van der Waals surface area (Å²) in [6, 6.07) is 12.4. The first kappa shape index (κ1) is 19.6. The molecule has 1 saturated heterocycles. The molecule has 1 fully saturated rings. The van der Waals surface area contributed by atoms with Crippen LogP contribution in [0.2, 0.25) is 0 Å². The van der Waals surface area contributed by atoms with Crippen molar-refractivity contribution in [2.75, 3.05) is 23.4 Å². The number of rotatable bonds is 5.